The number of aryl methyl sites for hydroxylation is 1. The van der Waals surface area contributed by atoms with Crippen LogP contribution in [0.5, 0.6) is 0 Å². The Labute approximate surface area is 157 Å². The van der Waals surface area contributed by atoms with Crippen LogP contribution in [0.1, 0.15) is 31.4 Å². The van der Waals surface area contributed by atoms with Gasteiger partial charge in [0.1, 0.15) is 4.83 Å². The third-order valence-electron chi connectivity index (χ3n) is 4.05. The largest absolute Gasteiger partial charge is 0.349 e. The highest BCUT2D eigenvalue weighted by atomic mass is 79.9. The van der Waals surface area contributed by atoms with Gasteiger partial charge in [0, 0.05) is 17.4 Å². The number of carbonyl (C=O) groups is 1. The van der Waals surface area contributed by atoms with Crippen molar-refractivity contribution in [3.8, 4) is 0 Å². The maximum Gasteiger partial charge on any atom is 0.262 e. The number of nitrogens with one attached hydrogen (secondary N) is 1. The van der Waals surface area contributed by atoms with Gasteiger partial charge in [0.05, 0.1) is 17.8 Å². The number of hydrogen-bond acceptors (Lipinski definition) is 4. The van der Waals surface area contributed by atoms with Crippen molar-refractivity contribution in [2.24, 2.45) is 0 Å². The standard InChI is InChI=1S/C18H18BrN3O2S/c1-2-15(12-3-5-13(19)6-4-12)21-16(23)7-9-22-11-20-17-14(18(22)24)8-10-25-17/h3-6,8,10-11,15H,2,7,9H2,1H3,(H,21,23). The Morgan fingerprint density at radius 3 is 2.80 bits per heavy atom. The molecule has 0 spiro atoms. The predicted molar refractivity (Wildman–Crippen MR) is 104 cm³/mol. The van der Waals surface area contributed by atoms with E-state index in [1.54, 1.807) is 6.07 Å². The van der Waals surface area contributed by atoms with E-state index in [2.05, 4.69) is 26.2 Å². The van der Waals surface area contributed by atoms with Crippen molar-refractivity contribution in [2.75, 3.05) is 0 Å². The smallest absolute Gasteiger partial charge is 0.262 e. The minimum atomic E-state index is -0.0981. The van der Waals surface area contributed by atoms with Crippen molar-refractivity contribution < 1.29 is 4.79 Å². The van der Waals surface area contributed by atoms with E-state index in [-0.39, 0.29) is 23.9 Å². The lowest BCUT2D eigenvalue weighted by Crippen LogP contribution is -2.30. The molecule has 0 bridgehead atoms. The van der Waals surface area contributed by atoms with Gasteiger partial charge in [-0.05, 0) is 35.6 Å². The monoisotopic (exact) mass is 419 g/mol. The lowest BCUT2D eigenvalue weighted by Gasteiger charge is -2.17. The van der Waals surface area contributed by atoms with Gasteiger partial charge in [-0.25, -0.2) is 4.98 Å². The zero-order valence-corrected chi connectivity index (χ0v) is 16.1. The molecule has 25 heavy (non-hydrogen) atoms. The quantitative estimate of drug-likeness (QED) is 0.659. The number of benzene rings is 1. The highest BCUT2D eigenvalue weighted by Gasteiger charge is 2.13. The van der Waals surface area contributed by atoms with Crippen LogP contribution in [-0.4, -0.2) is 15.5 Å². The summed E-state index contributed by atoms with van der Waals surface area (Å²) >= 11 is 4.85. The fourth-order valence-electron chi connectivity index (χ4n) is 2.66. The molecule has 0 aliphatic heterocycles. The van der Waals surface area contributed by atoms with Crippen LogP contribution in [0.4, 0.5) is 0 Å². The van der Waals surface area contributed by atoms with E-state index in [0.29, 0.717) is 11.9 Å². The molecule has 130 valence electrons. The molecule has 0 saturated heterocycles. The van der Waals surface area contributed by atoms with Crippen molar-refractivity contribution in [2.45, 2.75) is 32.4 Å². The Bertz CT molecular complexity index is 933. The van der Waals surface area contributed by atoms with E-state index in [1.807, 2.05) is 36.6 Å². The molecule has 5 nitrogen and oxygen atoms in total. The first-order chi connectivity index (χ1) is 12.1. The van der Waals surface area contributed by atoms with Gasteiger partial charge in [-0.3, -0.25) is 14.2 Å². The summed E-state index contributed by atoms with van der Waals surface area (Å²) in [6.45, 7) is 2.35. The summed E-state index contributed by atoms with van der Waals surface area (Å²) in [5.74, 6) is -0.0768. The summed E-state index contributed by atoms with van der Waals surface area (Å²) in [5, 5.41) is 5.49. The molecule has 0 saturated carbocycles. The van der Waals surface area contributed by atoms with Crippen molar-refractivity contribution >= 4 is 43.4 Å². The maximum absolute atomic E-state index is 12.3. The first-order valence-electron chi connectivity index (χ1n) is 8.06. The van der Waals surface area contributed by atoms with Gasteiger partial charge in [-0.1, -0.05) is 35.0 Å². The molecule has 2 heterocycles. The third-order valence-corrected chi connectivity index (χ3v) is 5.40. The molecule has 0 aliphatic carbocycles. The Balaban J connectivity index is 1.64. The van der Waals surface area contributed by atoms with Crippen LogP contribution in [0.15, 0.2) is 51.3 Å². The van der Waals surface area contributed by atoms with Crippen LogP contribution in [0, 0.1) is 0 Å². The summed E-state index contributed by atoms with van der Waals surface area (Å²) in [5.41, 5.74) is 0.969. The highest BCUT2D eigenvalue weighted by Crippen LogP contribution is 2.19. The maximum atomic E-state index is 12.3. The minimum absolute atomic E-state index is 0.0326. The Morgan fingerprint density at radius 2 is 2.08 bits per heavy atom. The summed E-state index contributed by atoms with van der Waals surface area (Å²) in [4.78, 5) is 29.6. The van der Waals surface area contributed by atoms with Gasteiger partial charge >= 0.3 is 0 Å². The minimum Gasteiger partial charge on any atom is -0.349 e. The average Bonchev–Trinajstić information content (AvgIpc) is 3.09. The molecule has 3 rings (SSSR count). The number of carbonyl (C=O) groups excluding carboxylic acids is 1. The van der Waals surface area contributed by atoms with Crippen LogP contribution >= 0.6 is 27.3 Å². The van der Waals surface area contributed by atoms with E-state index in [0.717, 1.165) is 21.3 Å². The Hall–Kier alpha value is -1.99. The predicted octanol–water partition coefficient (Wildman–Crippen LogP) is 3.88. The van der Waals surface area contributed by atoms with Gasteiger partial charge in [0.25, 0.3) is 5.56 Å². The third kappa shape index (κ3) is 4.16. The molecular weight excluding hydrogens is 402 g/mol. The second-order valence-electron chi connectivity index (χ2n) is 5.71. The molecule has 1 N–H and O–H groups in total. The van der Waals surface area contributed by atoms with E-state index in [1.165, 1.54) is 22.2 Å². The van der Waals surface area contributed by atoms with Crippen LogP contribution in [0.2, 0.25) is 0 Å². The van der Waals surface area contributed by atoms with E-state index >= 15 is 0 Å². The number of thiophene rings is 1. The Morgan fingerprint density at radius 1 is 1.32 bits per heavy atom. The lowest BCUT2D eigenvalue weighted by molar-refractivity contribution is -0.122. The topological polar surface area (TPSA) is 64.0 Å². The van der Waals surface area contributed by atoms with Gasteiger partial charge < -0.3 is 5.32 Å². The second-order valence-corrected chi connectivity index (χ2v) is 7.52. The van der Waals surface area contributed by atoms with Crippen molar-refractivity contribution in [1.82, 2.24) is 14.9 Å². The van der Waals surface area contributed by atoms with Gasteiger partial charge in [-0.15, -0.1) is 11.3 Å². The van der Waals surface area contributed by atoms with Gasteiger partial charge in [0.2, 0.25) is 5.91 Å². The molecule has 1 unspecified atom stereocenters. The van der Waals surface area contributed by atoms with Gasteiger partial charge in [-0.2, -0.15) is 0 Å². The fraction of sp³-hybridized carbons (Fsp3) is 0.278. The molecule has 3 aromatic rings. The number of nitrogens with zero attached hydrogens (tertiary/aromatic N) is 2. The molecule has 0 fully saturated rings. The van der Waals surface area contributed by atoms with Crippen LogP contribution in [-0.2, 0) is 11.3 Å². The van der Waals surface area contributed by atoms with Crippen LogP contribution < -0.4 is 10.9 Å². The first kappa shape index (κ1) is 17.8. The summed E-state index contributed by atoms with van der Waals surface area (Å²) in [7, 11) is 0. The average molecular weight is 420 g/mol. The second kappa shape index (κ2) is 7.93. The van der Waals surface area contributed by atoms with Gasteiger partial charge in [0.15, 0.2) is 0 Å². The SMILES string of the molecule is CCC(NC(=O)CCn1cnc2sccc2c1=O)c1ccc(Br)cc1. The zero-order chi connectivity index (χ0) is 17.8. The number of aromatic nitrogens is 2. The zero-order valence-electron chi connectivity index (χ0n) is 13.7. The van der Waals surface area contributed by atoms with Crippen molar-refractivity contribution in [3.63, 3.8) is 0 Å². The summed E-state index contributed by atoms with van der Waals surface area (Å²) < 4.78 is 2.50. The van der Waals surface area contributed by atoms with Crippen LogP contribution in [0.3, 0.4) is 0 Å². The number of amides is 1. The molecule has 1 amide bonds. The molecular formula is C18H18BrN3O2S. The Kier molecular flexibility index (Phi) is 5.65. The lowest BCUT2D eigenvalue weighted by atomic mass is 10.0. The number of hydrogen-bond donors (Lipinski definition) is 1. The molecule has 7 heteroatoms. The van der Waals surface area contributed by atoms with E-state index < -0.39 is 0 Å². The van der Waals surface area contributed by atoms with Crippen molar-refractivity contribution in [1.29, 1.82) is 0 Å². The van der Waals surface area contributed by atoms with Crippen molar-refractivity contribution in [3.05, 3.63) is 62.4 Å². The molecule has 0 aliphatic rings. The van der Waals surface area contributed by atoms with E-state index in [9.17, 15) is 9.59 Å². The molecule has 1 aromatic carbocycles. The fourth-order valence-corrected chi connectivity index (χ4v) is 3.64. The van der Waals surface area contributed by atoms with E-state index in [4.69, 9.17) is 0 Å². The number of fused-ring (bicyclic) bond motifs is 1. The highest BCUT2D eigenvalue weighted by molar-refractivity contribution is 9.10. The molecule has 1 atom stereocenters. The normalized spacial score (nSPS) is 12.2. The molecule has 0 radical (unpaired) electrons. The van der Waals surface area contributed by atoms with Crippen LogP contribution in [0.25, 0.3) is 10.2 Å². The first-order valence-corrected chi connectivity index (χ1v) is 9.73. The number of halogens is 1. The summed E-state index contributed by atoms with van der Waals surface area (Å²) in [6, 6.07) is 9.66. The molecule has 2 aromatic heterocycles. The summed E-state index contributed by atoms with van der Waals surface area (Å²) in [6.07, 6.45) is 2.56. The number of rotatable bonds is 6.